The molecule has 1 atom stereocenters. The highest BCUT2D eigenvalue weighted by Gasteiger charge is 2.08. The van der Waals surface area contributed by atoms with E-state index in [1.165, 1.54) is 11.1 Å². The second-order valence-corrected chi connectivity index (χ2v) is 4.97. The molecule has 0 aliphatic rings. The maximum atomic E-state index is 5.69. The first kappa shape index (κ1) is 18.1. The van der Waals surface area contributed by atoms with E-state index in [4.69, 9.17) is 14.2 Å². The quantitative estimate of drug-likeness (QED) is 0.602. The fraction of sp³-hybridized carbons (Fsp3) is 0.647. The molecule has 0 radical (unpaired) electrons. The summed E-state index contributed by atoms with van der Waals surface area (Å²) < 4.78 is 16.1. The summed E-state index contributed by atoms with van der Waals surface area (Å²) in [5.41, 5.74) is 2.62. The topological polar surface area (TPSA) is 39.7 Å². The number of aryl methyl sites for hydroxylation is 1. The van der Waals surface area contributed by atoms with E-state index in [9.17, 15) is 0 Å². The van der Waals surface area contributed by atoms with Gasteiger partial charge in [0.2, 0.25) is 0 Å². The van der Waals surface area contributed by atoms with Gasteiger partial charge in [0.05, 0.1) is 25.9 Å². The molecule has 0 aliphatic carbocycles. The van der Waals surface area contributed by atoms with Crippen LogP contribution in [0.25, 0.3) is 0 Å². The largest absolute Gasteiger partial charge is 0.385 e. The maximum Gasteiger partial charge on any atom is 0.0701 e. The Kier molecular flexibility index (Phi) is 10.1. The number of likely N-dealkylation sites (N-methyl/N-ethyl adjacent to an activating group) is 1. The van der Waals surface area contributed by atoms with Gasteiger partial charge in [0.15, 0.2) is 0 Å². The van der Waals surface area contributed by atoms with Crippen molar-refractivity contribution in [2.45, 2.75) is 25.8 Å². The summed E-state index contributed by atoms with van der Waals surface area (Å²) in [6, 6.07) is 8.93. The number of ether oxygens (including phenoxy) is 3. The molecule has 1 unspecified atom stereocenters. The van der Waals surface area contributed by atoms with Crippen molar-refractivity contribution in [2.24, 2.45) is 0 Å². The van der Waals surface area contributed by atoms with E-state index in [2.05, 4.69) is 36.5 Å². The van der Waals surface area contributed by atoms with Crippen LogP contribution in [0.1, 0.15) is 30.5 Å². The lowest BCUT2D eigenvalue weighted by molar-refractivity contribution is 0.0330. The van der Waals surface area contributed by atoms with Crippen LogP contribution in [0.2, 0.25) is 0 Å². The minimum Gasteiger partial charge on any atom is -0.385 e. The van der Waals surface area contributed by atoms with Gasteiger partial charge < -0.3 is 19.5 Å². The lowest BCUT2D eigenvalue weighted by Gasteiger charge is -2.17. The van der Waals surface area contributed by atoms with Gasteiger partial charge in [0.25, 0.3) is 0 Å². The third-order valence-electron chi connectivity index (χ3n) is 3.43. The molecular weight excluding hydrogens is 266 g/mol. The number of nitrogens with one attached hydrogen (secondary N) is 1. The van der Waals surface area contributed by atoms with Crippen molar-refractivity contribution in [3.63, 3.8) is 0 Å². The Labute approximate surface area is 128 Å². The molecule has 0 saturated heterocycles. The molecule has 0 saturated carbocycles. The average molecular weight is 295 g/mol. The van der Waals surface area contributed by atoms with Gasteiger partial charge in [-0.1, -0.05) is 31.2 Å². The number of rotatable bonds is 12. The number of methoxy groups -OCH3 is 1. The van der Waals surface area contributed by atoms with Crippen molar-refractivity contribution in [1.82, 2.24) is 5.32 Å². The normalized spacial score (nSPS) is 12.5. The molecule has 0 aromatic heterocycles. The monoisotopic (exact) mass is 295 g/mol. The molecule has 1 aromatic carbocycles. The minimum absolute atomic E-state index is 0.226. The van der Waals surface area contributed by atoms with Crippen LogP contribution in [0.4, 0.5) is 0 Å². The van der Waals surface area contributed by atoms with E-state index in [0.717, 1.165) is 26.1 Å². The van der Waals surface area contributed by atoms with Crippen LogP contribution in [0.3, 0.4) is 0 Å². The Hall–Kier alpha value is -0.940. The Morgan fingerprint density at radius 1 is 1.00 bits per heavy atom. The molecule has 0 aliphatic heterocycles. The molecule has 1 aromatic rings. The van der Waals surface area contributed by atoms with E-state index >= 15 is 0 Å². The maximum absolute atomic E-state index is 5.69. The van der Waals surface area contributed by atoms with E-state index < -0.39 is 0 Å². The summed E-state index contributed by atoms with van der Waals surface area (Å²) in [5.74, 6) is 0. The summed E-state index contributed by atoms with van der Waals surface area (Å²) in [4.78, 5) is 0. The lowest BCUT2D eigenvalue weighted by atomic mass is 10.0. The number of hydrogen-bond donors (Lipinski definition) is 1. The van der Waals surface area contributed by atoms with Gasteiger partial charge in [-0.25, -0.2) is 0 Å². The molecule has 0 fully saturated rings. The summed E-state index contributed by atoms with van der Waals surface area (Å²) in [6.07, 6.45) is 2.00. The zero-order chi connectivity index (χ0) is 15.3. The first-order valence-electron chi connectivity index (χ1n) is 7.72. The molecule has 0 spiro atoms. The van der Waals surface area contributed by atoms with Gasteiger partial charge in [0, 0.05) is 20.3 Å². The Bertz CT molecular complexity index is 354. The average Bonchev–Trinajstić information content (AvgIpc) is 2.54. The van der Waals surface area contributed by atoms with Gasteiger partial charge in [-0.15, -0.1) is 0 Å². The number of benzene rings is 1. The highest BCUT2D eigenvalue weighted by atomic mass is 16.5. The first-order valence-corrected chi connectivity index (χ1v) is 7.72. The van der Waals surface area contributed by atoms with Crippen LogP contribution in [0, 0.1) is 0 Å². The van der Waals surface area contributed by atoms with E-state index in [0.29, 0.717) is 19.8 Å². The molecule has 0 bridgehead atoms. The second kappa shape index (κ2) is 11.7. The van der Waals surface area contributed by atoms with E-state index in [1.807, 2.05) is 7.05 Å². The summed E-state index contributed by atoms with van der Waals surface area (Å²) >= 11 is 0. The van der Waals surface area contributed by atoms with Crippen molar-refractivity contribution < 1.29 is 14.2 Å². The molecule has 120 valence electrons. The van der Waals surface area contributed by atoms with Crippen LogP contribution in [-0.2, 0) is 20.6 Å². The van der Waals surface area contributed by atoms with Gasteiger partial charge in [-0.05, 0) is 31.0 Å². The van der Waals surface area contributed by atoms with Crippen LogP contribution in [0.5, 0.6) is 0 Å². The first-order chi connectivity index (χ1) is 10.3. The zero-order valence-corrected chi connectivity index (χ0v) is 13.6. The summed E-state index contributed by atoms with van der Waals surface area (Å²) in [7, 11) is 3.66. The van der Waals surface area contributed by atoms with Crippen LogP contribution in [0.15, 0.2) is 24.3 Å². The molecule has 1 N–H and O–H groups in total. The lowest BCUT2D eigenvalue weighted by Crippen LogP contribution is -2.22. The Morgan fingerprint density at radius 3 is 2.33 bits per heavy atom. The van der Waals surface area contributed by atoms with Gasteiger partial charge in [-0.3, -0.25) is 0 Å². The van der Waals surface area contributed by atoms with Crippen molar-refractivity contribution in [2.75, 3.05) is 47.2 Å². The van der Waals surface area contributed by atoms with E-state index in [-0.39, 0.29) is 6.04 Å². The second-order valence-electron chi connectivity index (χ2n) is 4.97. The molecule has 0 amide bonds. The van der Waals surface area contributed by atoms with Crippen molar-refractivity contribution in [3.05, 3.63) is 35.4 Å². The highest BCUT2D eigenvalue weighted by Crippen LogP contribution is 2.14. The number of hydrogen-bond acceptors (Lipinski definition) is 4. The minimum atomic E-state index is 0.226. The van der Waals surface area contributed by atoms with Crippen molar-refractivity contribution in [1.29, 1.82) is 0 Å². The SMILES string of the molecule is CCc1ccc(C(COCCOCCCOC)NC)cc1. The van der Waals surface area contributed by atoms with Crippen LogP contribution >= 0.6 is 0 Å². The standard InChI is InChI=1S/C17H29NO3/c1-4-15-6-8-16(9-7-15)17(18-2)14-21-13-12-20-11-5-10-19-3/h6-9,17-18H,4-5,10-14H2,1-3H3. The predicted octanol–water partition coefficient (Wildman–Crippen LogP) is 2.58. The summed E-state index contributed by atoms with van der Waals surface area (Å²) in [5, 5.41) is 3.29. The van der Waals surface area contributed by atoms with Crippen LogP contribution in [-0.4, -0.2) is 47.2 Å². The predicted molar refractivity (Wildman–Crippen MR) is 85.8 cm³/mol. The van der Waals surface area contributed by atoms with Crippen LogP contribution < -0.4 is 5.32 Å². The van der Waals surface area contributed by atoms with E-state index in [1.54, 1.807) is 7.11 Å². The molecule has 21 heavy (non-hydrogen) atoms. The van der Waals surface area contributed by atoms with Gasteiger partial charge in [-0.2, -0.15) is 0 Å². The van der Waals surface area contributed by atoms with Crippen molar-refractivity contribution >= 4 is 0 Å². The fourth-order valence-electron chi connectivity index (χ4n) is 2.06. The third kappa shape index (κ3) is 7.58. The van der Waals surface area contributed by atoms with Crippen molar-refractivity contribution in [3.8, 4) is 0 Å². The fourth-order valence-corrected chi connectivity index (χ4v) is 2.06. The Morgan fingerprint density at radius 2 is 1.71 bits per heavy atom. The smallest absolute Gasteiger partial charge is 0.0701 e. The zero-order valence-electron chi connectivity index (χ0n) is 13.6. The molecular formula is C17H29NO3. The highest BCUT2D eigenvalue weighted by molar-refractivity contribution is 5.25. The molecule has 0 heterocycles. The molecule has 4 nitrogen and oxygen atoms in total. The van der Waals surface area contributed by atoms with Gasteiger partial charge in [0.1, 0.15) is 0 Å². The molecule has 4 heteroatoms. The Balaban J connectivity index is 2.18. The summed E-state index contributed by atoms with van der Waals surface area (Å²) in [6.45, 7) is 5.55. The van der Waals surface area contributed by atoms with Gasteiger partial charge >= 0.3 is 0 Å². The molecule has 1 rings (SSSR count). The third-order valence-corrected chi connectivity index (χ3v) is 3.43.